The number of hydrogen-bond donors (Lipinski definition) is 1. The number of pyridine rings is 2. The third-order valence-electron chi connectivity index (χ3n) is 6.95. The zero-order chi connectivity index (χ0) is 24.6. The molecule has 0 aliphatic carbocycles. The van der Waals surface area contributed by atoms with Crippen molar-refractivity contribution in [2.75, 3.05) is 13.2 Å². The molecule has 0 spiro atoms. The molecule has 6 rings (SSSR count). The molecular formula is C29H26N4O3. The molecule has 2 aromatic carbocycles. The number of rotatable bonds is 4. The quantitative estimate of drug-likeness (QED) is 0.389. The van der Waals surface area contributed by atoms with Gasteiger partial charge in [0.1, 0.15) is 0 Å². The van der Waals surface area contributed by atoms with Crippen molar-refractivity contribution < 1.29 is 9.84 Å². The first-order valence-electron chi connectivity index (χ1n) is 12.1. The largest absolute Gasteiger partial charge is 0.389 e. The van der Waals surface area contributed by atoms with Crippen molar-refractivity contribution in [1.82, 2.24) is 19.5 Å². The van der Waals surface area contributed by atoms with Gasteiger partial charge in [0.25, 0.3) is 5.56 Å². The summed E-state index contributed by atoms with van der Waals surface area (Å²) in [5.74, 6) is 0. The second-order valence-electron chi connectivity index (χ2n) is 9.35. The van der Waals surface area contributed by atoms with Crippen molar-refractivity contribution in [2.24, 2.45) is 0 Å². The van der Waals surface area contributed by atoms with Crippen LogP contribution in [0.4, 0.5) is 0 Å². The molecule has 7 heteroatoms. The second kappa shape index (κ2) is 9.26. The van der Waals surface area contributed by atoms with E-state index in [1.165, 1.54) is 0 Å². The molecule has 36 heavy (non-hydrogen) atoms. The molecule has 4 heterocycles. The lowest BCUT2D eigenvalue weighted by Gasteiger charge is -2.29. The lowest BCUT2D eigenvalue weighted by Crippen LogP contribution is -2.39. The van der Waals surface area contributed by atoms with Gasteiger partial charge in [-0.3, -0.25) is 19.3 Å². The first-order valence-corrected chi connectivity index (χ1v) is 12.1. The Labute approximate surface area is 208 Å². The fourth-order valence-electron chi connectivity index (χ4n) is 5.01. The molecule has 0 unspecified atom stereocenters. The summed E-state index contributed by atoms with van der Waals surface area (Å²) in [6, 6.07) is 17.7. The molecule has 0 saturated carbocycles. The molecule has 5 aromatic rings. The third kappa shape index (κ3) is 4.06. The summed E-state index contributed by atoms with van der Waals surface area (Å²) in [7, 11) is 0. The van der Waals surface area contributed by atoms with Crippen LogP contribution in [0.2, 0.25) is 0 Å². The van der Waals surface area contributed by atoms with Gasteiger partial charge in [-0.05, 0) is 60.5 Å². The molecule has 2 atom stereocenters. The Morgan fingerprint density at radius 2 is 1.86 bits per heavy atom. The second-order valence-corrected chi connectivity index (χ2v) is 9.35. The minimum Gasteiger partial charge on any atom is -0.389 e. The van der Waals surface area contributed by atoms with Crippen molar-refractivity contribution in [2.45, 2.75) is 31.9 Å². The normalized spacial score (nSPS) is 18.1. The maximum atomic E-state index is 13.6. The summed E-state index contributed by atoms with van der Waals surface area (Å²) in [4.78, 5) is 27.3. The third-order valence-corrected chi connectivity index (χ3v) is 6.95. The van der Waals surface area contributed by atoms with E-state index in [0.717, 1.165) is 38.9 Å². The van der Waals surface area contributed by atoms with Gasteiger partial charge in [-0.15, -0.1) is 0 Å². The summed E-state index contributed by atoms with van der Waals surface area (Å²) < 4.78 is 6.92. The lowest BCUT2D eigenvalue weighted by molar-refractivity contribution is -0.0395. The van der Waals surface area contributed by atoms with E-state index in [4.69, 9.17) is 4.74 Å². The van der Waals surface area contributed by atoms with Gasteiger partial charge in [0, 0.05) is 35.6 Å². The van der Waals surface area contributed by atoms with Crippen molar-refractivity contribution in [1.29, 1.82) is 0 Å². The molecular weight excluding hydrogens is 452 g/mol. The summed E-state index contributed by atoms with van der Waals surface area (Å²) >= 11 is 0. The summed E-state index contributed by atoms with van der Waals surface area (Å²) in [5, 5.41) is 13.0. The maximum Gasteiger partial charge on any atom is 0.261 e. The van der Waals surface area contributed by atoms with E-state index in [1.807, 2.05) is 61.8 Å². The maximum absolute atomic E-state index is 13.6. The average Bonchev–Trinajstić information content (AvgIpc) is 2.91. The van der Waals surface area contributed by atoms with E-state index in [9.17, 15) is 9.90 Å². The standard InChI is InChI=1S/C29H26N4O3/c1-18-6-8-20(15-30-18)25-9-7-19(14-31-25)12-21-13-24-28(23-5-3-2-4-22(21)23)32-17-33(29(24)35)26-10-11-36-16-27(26)34/h2-9,13-15,17,26-27,34H,10-12,16H2,1H3/t26-,27-/m0/s1. The molecule has 1 saturated heterocycles. The number of ether oxygens (including phenoxy) is 1. The average molecular weight is 479 g/mol. The van der Waals surface area contributed by atoms with Crippen LogP contribution in [0.15, 0.2) is 78.1 Å². The molecule has 7 nitrogen and oxygen atoms in total. The highest BCUT2D eigenvalue weighted by molar-refractivity contribution is 6.06. The highest BCUT2D eigenvalue weighted by atomic mass is 16.5. The van der Waals surface area contributed by atoms with E-state index in [2.05, 4.69) is 27.1 Å². The number of hydrogen-bond acceptors (Lipinski definition) is 6. The van der Waals surface area contributed by atoms with Gasteiger partial charge in [-0.25, -0.2) is 4.98 Å². The lowest BCUT2D eigenvalue weighted by atomic mass is 9.96. The van der Waals surface area contributed by atoms with E-state index < -0.39 is 6.10 Å². The van der Waals surface area contributed by atoms with Crippen LogP contribution in [-0.4, -0.2) is 43.9 Å². The molecule has 1 aliphatic rings. The van der Waals surface area contributed by atoms with E-state index in [1.54, 1.807) is 10.9 Å². The first kappa shape index (κ1) is 22.5. The number of aliphatic hydroxyl groups excluding tert-OH is 1. The molecule has 0 amide bonds. The first-order chi connectivity index (χ1) is 17.6. The monoisotopic (exact) mass is 478 g/mol. The van der Waals surface area contributed by atoms with Crippen molar-refractivity contribution in [3.63, 3.8) is 0 Å². The topological polar surface area (TPSA) is 90.1 Å². The fourth-order valence-corrected chi connectivity index (χ4v) is 5.01. The highest BCUT2D eigenvalue weighted by Gasteiger charge is 2.27. The predicted molar refractivity (Wildman–Crippen MR) is 139 cm³/mol. The number of aryl methyl sites for hydroxylation is 1. The van der Waals surface area contributed by atoms with E-state index in [0.29, 0.717) is 30.4 Å². The Kier molecular flexibility index (Phi) is 5.79. The molecule has 180 valence electrons. The zero-order valence-corrected chi connectivity index (χ0v) is 20.0. The Hall–Kier alpha value is -3.94. The van der Waals surface area contributed by atoms with Gasteiger partial charge in [0.15, 0.2) is 0 Å². The van der Waals surface area contributed by atoms with Crippen LogP contribution in [0.25, 0.3) is 32.9 Å². The van der Waals surface area contributed by atoms with Gasteiger partial charge in [0.05, 0.1) is 41.7 Å². The fraction of sp³-hybridized carbons (Fsp3) is 0.241. The number of aromatic nitrogens is 4. The summed E-state index contributed by atoms with van der Waals surface area (Å²) in [5.41, 5.74) is 5.44. The van der Waals surface area contributed by atoms with E-state index in [-0.39, 0.29) is 18.2 Å². The van der Waals surface area contributed by atoms with Crippen molar-refractivity contribution >= 4 is 21.7 Å². The van der Waals surface area contributed by atoms with E-state index >= 15 is 0 Å². The van der Waals surface area contributed by atoms with Crippen molar-refractivity contribution in [3.8, 4) is 11.3 Å². The molecule has 1 aliphatic heterocycles. The van der Waals surface area contributed by atoms with Crippen LogP contribution in [0, 0.1) is 6.92 Å². The minimum atomic E-state index is -0.732. The van der Waals surface area contributed by atoms with Gasteiger partial charge < -0.3 is 9.84 Å². The van der Waals surface area contributed by atoms with Gasteiger partial charge >= 0.3 is 0 Å². The Balaban J connectivity index is 1.42. The Bertz CT molecular complexity index is 1610. The van der Waals surface area contributed by atoms with Gasteiger partial charge in [-0.2, -0.15) is 0 Å². The zero-order valence-electron chi connectivity index (χ0n) is 20.0. The number of aliphatic hydroxyl groups is 1. The van der Waals surface area contributed by atoms with Crippen LogP contribution in [0.3, 0.4) is 0 Å². The van der Waals surface area contributed by atoms with Crippen LogP contribution in [0.1, 0.15) is 29.3 Å². The predicted octanol–water partition coefficient (Wildman–Crippen LogP) is 4.23. The molecule has 0 bridgehead atoms. The van der Waals surface area contributed by atoms with Crippen LogP contribution in [0.5, 0.6) is 0 Å². The molecule has 3 aromatic heterocycles. The number of benzene rings is 2. The summed E-state index contributed by atoms with van der Waals surface area (Å²) in [6.45, 7) is 2.70. The van der Waals surface area contributed by atoms with Gasteiger partial charge in [-0.1, -0.05) is 30.3 Å². The Morgan fingerprint density at radius 1 is 1.00 bits per heavy atom. The molecule has 0 radical (unpaired) electrons. The smallest absolute Gasteiger partial charge is 0.261 e. The molecule has 1 fully saturated rings. The highest BCUT2D eigenvalue weighted by Crippen LogP contribution is 2.29. The molecule has 1 N–H and O–H groups in total. The Morgan fingerprint density at radius 3 is 2.61 bits per heavy atom. The SMILES string of the molecule is Cc1ccc(-c2ccc(Cc3cc4c(=O)n([C@H]5CCOC[C@@H]5O)cnc4c4ccccc34)cn2)cn1. The number of fused-ring (bicyclic) bond motifs is 3. The van der Waals surface area contributed by atoms with Crippen LogP contribution >= 0.6 is 0 Å². The van der Waals surface area contributed by atoms with Crippen LogP contribution < -0.4 is 5.56 Å². The van der Waals surface area contributed by atoms with Crippen molar-refractivity contribution in [3.05, 3.63) is 100 Å². The number of nitrogens with zero attached hydrogens (tertiary/aromatic N) is 4. The minimum absolute atomic E-state index is 0.140. The van der Waals surface area contributed by atoms with Crippen LogP contribution in [-0.2, 0) is 11.2 Å². The van der Waals surface area contributed by atoms with Gasteiger partial charge in [0.2, 0.25) is 0 Å². The summed E-state index contributed by atoms with van der Waals surface area (Å²) in [6.07, 6.45) is 5.76.